The zero-order valence-electron chi connectivity index (χ0n) is 13.7. The Morgan fingerprint density at radius 1 is 1.00 bits per heavy atom. The van der Waals surface area contributed by atoms with Crippen LogP contribution in [0.3, 0.4) is 0 Å². The van der Waals surface area contributed by atoms with Gasteiger partial charge in [0.2, 0.25) is 0 Å². The standard InChI is InChI=1S/C12H20O12.HNO2/c13-3-5(14)9(19)10(20)6(15)4-24-8(18)2-12(23,11(21)22)1-7(16)17;2-1-3/h5-6,9-10,13-15,19-20,23H,1-4H2,(H,16,17)(H,21,22);1H/t5-,6-,9-,10-,12?;/m1./s1. The number of hydrogen-bond donors (Lipinski definition) is 9. The highest BCUT2D eigenvalue weighted by Crippen LogP contribution is 2.17. The maximum Gasteiger partial charge on any atom is 0.336 e. The lowest BCUT2D eigenvalue weighted by Crippen LogP contribution is -2.53. The summed E-state index contributed by atoms with van der Waals surface area (Å²) in [5.74, 6) is -5.03. The highest BCUT2D eigenvalue weighted by Gasteiger charge is 2.41. The van der Waals surface area contributed by atoms with Crippen LogP contribution in [0.2, 0.25) is 0 Å². The van der Waals surface area contributed by atoms with E-state index in [2.05, 4.69) is 4.74 Å². The Morgan fingerprint density at radius 3 is 1.81 bits per heavy atom. The molecule has 0 aromatic rings. The number of carbonyl (C=O) groups excluding carboxylic acids is 1. The van der Waals surface area contributed by atoms with Crippen LogP contribution in [0, 0.1) is 10.1 Å². The predicted octanol–water partition coefficient (Wildman–Crippen LogP) is -6.02. The van der Waals surface area contributed by atoms with Crippen molar-refractivity contribution in [3.63, 3.8) is 0 Å². The molecule has 0 aromatic carbocycles. The van der Waals surface area contributed by atoms with Crippen LogP contribution in [0.1, 0.15) is 12.8 Å². The second kappa shape index (κ2) is 12.8. The van der Waals surface area contributed by atoms with Gasteiger partial charge in [-0.3, -0.25) is 19.7 Å². The van der Waals surface area contributed by atoms with Crippen molar-refractivity contribution >= 4 is 17.9 Å². The molecule has 0 saturated carbocycles. The van der Waals surface area contributed by atoms with Gasteiger partial charge in [0.05, 0.1) is 19.4 Å². The lowest BCUT2D eigenvalue weighted by molar-refractivity contribution is -0.398. The van der Waals surface area contributed by atoms with Crippen LogP contribution in [0.4, 0.5) is 0 Å². The van der Waals surface area contributed by atoms with Crippen molar-refractivity contribution in [2.75, 3.05) is 13.2 Å². The largest absolute Gasteiger partial charge is 0.481 e. The van der Waals surface area contributed by atoms with Crippen LogP contribution in [0.5, 0.6) is 0 Å². The van der Waals surface area contributed by atoms with Gasteiger partial charge in [-0.25, -0.2) is 4.79 Å². The van der Waals surface area contributed by atoms with E-state index in [-0.39, 0.29) is 5.34 Å². The van der Waals surface area contributed by atoms with Gasteiger partial charge < -0.3 is 45.6 Å². The zero-order valence-corrected chi connectivity index (χ0v) is 13.7. The second-order valence-corrected chi connectivity index (χ2v) is 5.15. The third-order valence-corrected chi connectivity index (χ3v) is 3.02. The molecular formula is C12H21NO14. The van der Waals surface area contributed by atoms with Crippen molar-refractivity contribution in [3.8, 4) is 0 Å². The maximum absolute atomic E-state index is 11.4. The van der Waals surface area contributed by atoms with Gasteiger partial charge in [-0.1, -0.05) is 0 Å². The number of nitrogens with one attached hydrogen (secondary N) is 1. The number of carbonyl (C=O) groups is 3. The molecule has 0 heterocycles. The molecule has 0 spiro atoms. The van der Waals surface area contributed by atoms with Crippen molar-refractivity contribution in [3.05, 3.63) is 10.1 Å². The molecule has 0 aromatic heterocycles. The SMILES string of the molecule is O=C(O)CC(O)(CC(=O)OC[C@@H](O)[C@@H](O)[C@H](O)[C@H](O)CO)C(=O)O.O=[NH+][O-]. The number of hydrogen-bond acceptors (Lipinski definition) is 12. The van der Waals surface area contributed by atoms with Gasteiger partial charge in [0, 0.05) is 5.34 Å². The average molecular weight is 403 g/mol. The number of ether oxygens (including phenoxy) is 1. The summed E-state index contributed by atoms with van der Waals surface area (Å²) < 4.78 is 4.40. The van der Waals surface area contributed by atoms with Gasteiger partial charge in [-0.05, 0) is 0 Å². The van der Waals surface area contributed by atoms with Gasteiger partial charge in [0.1, 0.15) is 31.0 Å². The molecule has 0 bridgehead atoms. The first kappa shape index (κ1) is 26.8. The molecule has 1 unspecified atom stereocenters. The first-order chi connectivity index (χ1) is 12.4. The fraction of sp³-hybridized carbons (Fsp3) is 0.750. The second-order valence-electron chi connectivity index (χ2n) is 5.15. The predicted molar refractivity (Wildman–Crippen MR) is 79.2 cm³/mol. The van der Waals surface area contributed by atoms with E-state index in [1.54, 1.807) is 0 Å². The summed E-state index contributed by atoms with van der Waals surface area (Å²) in [5, 5.41) is 81.2. The maximum atomic E-state index is 11.4. The highest BCUT2D eigenvalue weighted by atomic mass is 16.6. The number of aliphatic hydroxyl groups excluding tert-OH is 5. The Morgan fingerprint density at radius 2 is 1.44 bits per heavy atom. The monoisotopic (exact) mass is 403 g/mol. The summed E-state index contributed by atoms with van der Waals surface area (Å²) in [6.07, 6.45) is -10.1. The number of aliphatic carboxylic acids is 2. The minimum atomic E-state index is -2.92. The summed E-state index contributed by atoms with van der Waals surface area (Å²) in [6.45, 7) is -1.86. The smallest absolute Gasteiger partial charge is 0.336 e. The minimum Gasteiger partial charge on any atom is -0.481 e. The van der Waals surface area contributed by atoms with Crippen molar-refractivity contribution in [1.29, 1.82) is 0 Å². The summed E-state index contributed by atoms with van der Waals surface area (Å²) in [5.41, 5.74) is -2.92. The van der Waals surface area contributed by atoms with Crippen LogP contribution in [-0.4, -0.2) is 102 Å². The lowest BCUT2D eigenvalue weighted by Gasteiger charge is -2.26. The Balaban J connectivity index is 0. The molecule has 0 fully saturated rings. The number of aliphatic hydroxyl groups is 6. The molecule has 0 aliphatic carbocycles. The Hall–Kier alpha value is -2.43. The Kier molecular flexibility index (Phi) is 12.8. The van der Waals surface area contributed by atoms with E-state index >= 15 is 0 Å². The molecule has 0 saturated heterocycles. The molecule has 27 heavy (non-hydrogen) atoms. The van der Waals surface area contributed by atoms with Crippen LogP contribution in [0.25, 0.3) is 0 Å². The van der Waals surface area contributed by atoms with Crippen molar-refractivity contribution in [2.45, 2.75) is 42.9 Å². The molecule has 9 N–H and O–H groups in total. The van der Waals surface area contributed by atoms with Gasteiger partial charge in [-0.15, -0.1) is 0 Å². The number of carboxylic acids is 2. The van der Waals surface area contributed by atoms with E-state index in [0.717, 1.165) is 0 Å². The van der Waals surface area contributed by atoms with E-state index in [1.807, 2.05) is 0 Å². The first-order valence-electron chi connectivity index (χ1n) is 7.01. The van der Waals surface area contributed by atoms with E-state index < -0.39 is 74.0 Å². The van der Waals surface area contributed by atoms with Gasteiger partial charge in [0.15, 0.2) is 5.60 Å². The molecule has 15 nitrogen and oxygen atoms in total. The van der Waals surface area contributed by atoms with Crippen LogP contribution in [-0.2, 0) is 19.1 Å². The van der Waals surface area contributed by atoms with Crippen molar-refractivity contribution in [2.24, 2.45) is 0 Å². The molecule has 15 heteroatoms. The van der Waals surface area contributed by atoms with E-state index in [0.29, 0.717) is 0 Å². The fourth-order valence-corrected chi connectivity index (χ4v) is 1.59. The number of esters is 1. The fourth-order valence-electron chi connectivity index (χ4n) is 1.59. The van der Waals surface area contributed by atoms with Gasteiger partial charge in [-0.2, -0.15) is 0 Å². The Bertz CT molecular complexity index is 498. The number of rotatable bonds is 11. The molecule has 0 amide bonds. The molecule has 0 aliphatic heterocycles. The molecule has 0 aliphatic rings. The van der Waals surface area contributed by atoms with E-state index in [4.69, 9.17) is 30.5 Å². The highest BCUT2D eigenvalue weighted by molar-refractivity contribution is 5.88. The third-order valence-electron chi connectivity index (χ3n) is 3.02. The van der Waals surface area contributed by atoms with E-state index in [9.17, 15) is 34.8 Å². The molecule has 0 radical (unpaired) electrons. The van der Waals surface area contributed by atoms with Gasteiger partial charge in [0.25, 0.3) is 0 Å². The van der Waals surface area contributed by atoms with Crippen molar-refractivity contribution in [1.82, 2.24) is 0 Å². The van der Waals surface area contributed by atoms with Crippen LogP contribution < -0.4 is 5.34 Å². The average Bonchev–Trinajstić information content (AvgIpc) is 2.57. The summed E-state index contributed by atoms with van der Waals surface area (Å²) in [6, 6.07) is 0. The summed E-state index contributed by atoms with van der Waals surface area (Å²) >= 11 is 0. The molecular weight excluding hydrogens is 382 g/mol. The quantitative estimate of drug-likeness (QED) is 0.0882. The van der Waals surface area contributed by atoms with E-state index in [1.165, 1.54) is 0 Å². The minimum absolute atomic E-state index is 0.250. The lowest BCUT2D eigenvalue weighted by atomic mass is 9.96. The Labute approximate surface area is 150 Å². The zero-order chi connectivity index (χ0) is 21.8. The topological polar surface area (TPSA) is 276 Å². The first-order valence-corrected chi connectivity index (χ1v) is 7.01. The third kappa shape index (κ3) is 10.3. The summed E-state index contributed by atoms with van der Waals surface area (Å²) in [4.78, 5) is 40.9. The molecule has 0 rings (SSSR count). The van der Waals surface area contributed by atoms with Crippen LogP contribution in [0.15, 0.2) is 0 Å². The molecule has 158 valence electrons. The number of carboxylic acid groups (broad SMARTS) is 2. The molecule has 5 atom stereocenters. The van der Waals surface area contributed by atoms with Crippen molar-refractivity contribution < 1.29 is 65.3 Å². The van der Waals surface area contributed by atoms with Crippen LogP contribution >= 0.6 is 0 Å². The van der Waals surface area contributed by atoms with Gasteiger partial charge >= 0.3 is 17.9 Å². The summed E-state index contributed by atoms with van der Waals surface area (Å²) in [7, 11) is 0. The normalized spacial score (nSPS) is 17.1.